The Balaban J connectivity index is 2.18. The summed E-state index contributed by atoms with van der Waals surface area (Å²) in [5.41, 5.74) is 0. The number of hydrogen-bond donors (Lipinski definition) is 0. The number of likely N-dealkylation sites (tertiary alicyclic amines) is 1. The highest BCUT2D eigenvalue weighted by Gasteiger charge is 2.29. The Morgan fingerprint density at radius 2 is 2.26 bits per heavy atom. The van der Waals surface area contributed by atoms with Crippen LogP contribution in [0.25, 0.3) is 0 Å². The molecule has 0 aromatic carbocycles. The average Bonchev–Trinajstić information content (AvgIpc) is 2.75. The van der Waals surface area contributed by atoms with E-state index in [4.69, 9.17) is 9.47 Å². The standard InChI is InChI=1S/C13H19NO5/c1-2-19-13(17)10-18-8-4-3-7-14-11(9-15)5-6-12(14)16/h3-4,9,11H,2,5-8,10H2,1H3/b4-3-. The van der Waals surface area contributed by atoms with Gasteiger partial charge in [-0.15, -0.1) is 0 Å². The molecule has 0 aromatic rings. The first-order chi connectivity index (χ1) is 9.19. The van der Waals surface area contributed by atoms with Gasteiger partial charge in [0.05, 0.1) is 19.3 Å². The second kappa shape index (κ2) is 8.42. The summed E-state index contributed by atoms with van der Waals surface area (Å²) in [6.07, 6.45) is 5.29. The number of aldehydes is 1. The lowest BCUT2D eigenvalue weighted by Crippen LogP contribution is -2.34. The Kier molecular flexibility index (Phi) is 6.81. The normalized spacial score (nSPS) is 19.1. The van der Waals surface area contributed by atoms with Crippen LogP contribution in [-0.2, 0) is 23.9 Å². The first-order valence-electron chi connectivity index (χ1n) is 6.32. The summed E-state index contributed by atoms with van der Waals surface area (Å²) < 4.78 is 9.75. The number of hydrogen-bond acceptors (Lipinski definition) is 5. The van der Waals surface area contributed by atoms with Crippen LogP contribution in [0.15, 0.2) is 12.2 Å². The molecule has 1 unspecified atom stereocenters. The summed E-state index contributed by atoms with van der Waals surface area (Å²) in [5, 5.41) is 0. The van der Waals surface area contributed by atoms with E-state index in [1.807, 2.05) is 0 Å². The van der Waals surface area contributed by atoms with Crippen LogP contribution in [-0.4, -0.2) is 55.5 Å². The molecule has 1 heterocycles. The molecule has 0 saturated carbocycles. The monoisotopic (exact) mass is 269 g/mol. The number of esters is 1. The largest absolute Gasteiger partial charge is 0.464 e. The highest BCUT2D eigenvalue weighted by atomic mass is 16.6. The fourth-order valence-corrected chi connectivity index (χ4v) is 1.80. The summed E-state index contributed by atoms with van der Waals surface area (Å²) in [6.45, 7) is 2.64. The maximum Gasteiger partial charge on any atom is 0.332 e. The van der Waals surface area contributed by atoms with Gasteiger partial charge in [0.25, 0.3) is 0 Å². The molecule has 1 fully saturated rings. The number of rotatable bonds is 8. The number of carbonyl (C=O) groups is 3. The maximum atomic E-state index is 11.5. The highest BCUT2D eigenvalue weighted by molar-refractivity contribution is 5.83. The molecule has 0 N–H and O–H groups in total. The summed E-state index contributed by atoms with van der Waals surface area (Å²) in [6, 6.07) is -0.308. The molecule has 1 aliphatic heterocycles. The van der Waals surface area contributed by atoms with E-state index in [0.717, 1.165) is 6.29 Å². The molecule has 6 heteroatoms. The van der Waals surface area contributed by atoms with E-state index in [0.29, 0.717) is 26.0 Å². The van der Waals surface area contributed by atoms with Crippen molar-refractivity contribution in [1.29, 1.82) is 0 Å². The van der Waals surface area contributed by atoms with Crippen LogP contribution in [0.1, 0.15) is 19.8 Å². The van der Waals surface area contributed by atoms with Gasteiger partial charge in [-0.25, -0.2) is 4.79 Å². The van der Waals surface area contributed by atoms with Crippen LogP contribution in [0.5, 0.6) is 0 Å². The quantitative estimate of drug-likeness (QED) is 0.274. The number of nitrogens with zero attached hydrogens (tertiary/aromatic N) is 1. The van der Waals surface area contributed by atoms with Gasteiger partial charge >= 0.3 is 5.97 Å². The maximum absolute atomic E-state index is 11.5. The molecule has 0 bridgehead atoms. The van der Waals surface area contributed by atoms with E-state index in [9.17, 15) is 14.4 Å². The summed E-state index contributed by atoms with van der Waals surface area (Å²) in [4.78, 5) is 34.7. The van der Waals surface area contributed by atoms with Crippen molar-refractivity contribution in [2.75, 3.05) is 26.4 Å². The van der Waals surface area contributed by atoms with Gasteiger partial charge in [0.15, 0.2) is 0 Å². The number of amides is 1. The van der Waals surface area contributed by atoms with Gasteiger partial charge in [-0.2, -0.15) is 0 Å². The van der Waals surface area contributed by atoms with Gasteiger partial charge in [-0.05, 0) is 13.3 Å². The Labute approximate surface area is 112 Å². The van der Waals surface area contributed by atoms with Gasteiger partial charge in [0.2, 0.25) is 5.91 Å². The SMILES string of the molecule is CCOC(=O)COC/C=C\CN1C(=O)CCC1C=O. The summed E-state index contributed by atoms with van der Waals surface area (Å²) in [7, 11) is 0. The molecule has 1 aliphatic rings. The molecule has 0 radical (unpaired) electrons. The third kappa shape index (κ3) is 5.21. The first kappa shape index (κ1) is 15.4. The lowest BCUT2D eigenvalue weighted by molar-refractivity contribution is -0.148. The molecule has 0 aromatic heterocycles. The Hall–Kier alpha value is -1.69. The molecule has 6 nitrogen and oxygen atoms in total. The Morgan fingerprint density at radius 3 is 2.95 bits per heavy atom. The van der Waals surface area contributed by atoms with Gasteiger partial charge in [-0.3, -0.25) is 4.79 Å². The average molecular weight is 269 g/mol. The molecule has 1 saturated heterocycles. The molecular formula is C13H19NO5. The zero-order chi connectivity index (χ0) is 14.1. The molecule has 1 atom stereocenters. The van der Waals surface area contributed by atoms with Crippen LogP contribution < -0.4 is 0 Å². The molecule has 0 aliphatic carbocycles. The molecule has 0 spiro atoms. The van der Waals surface area contributed by atoms with E-state index in [-0.39, 0.29) is 25.2 Å². The second-order valence-corrected chi connectivity index (χ2v) is 4.08. The van der Waals surface area contributed by atoms with Crippen LogP contribution in [0.4, 0.5) is 0 Å². The van der Waals surface area contributed by atoms with Crippen molar-refractivity contribution in [1.82, 2.24) is 4.90 Å². The van der Waals surface area contributed by atoms with Gasteiger partial charge < -0.3 is 19.2 Å². The van der Waals surface area contributed by atoms with Crippen LogP contribution in [0.2, 0.25) is 0 Å². The highest BCUT2D eigenvalue weighted by Crippen LogP contribution is 2.16. The summed E-state index contributed by atoms with van der Waals surface area (Å²) in [5.74, 6) is -0.402. The predicted molar refractivity (Wildman–Crippen MR) is 67.4 cm³/mol. The summed E-state index contributed by atoms with van der Waals surface area (Å²) >= 11 is 0. The van der Waals surface area contributed by atoms with Crippen molar-refractivity contribution in [3.05, 3.63) is 12.2 Å². The van der Waals surface area contributed by atoms with Crippen LogP contribution >= 0.6 is 0 Å². The van der Waals surface area contributed by atoms with Crippen LogP contribution in [0.3, 0.4) is 0 Å². The minimum Gasteiger partial charge on any atom is -0.464 e. The Morgan fingerprint density at radius 1 is 1.47 bits per heavy atom. The predicted octanol–water partition coefficient (Wildman–Crippen LogP) is 0.312. The van der Waals surface area contributed by atoms with E-state index in [1.165, 1.54) is 4.90 Å². The lowest BCUT2D eigenvalue weighted by atomic mass is 10.2. The van der Waals surface area contributed by atoms with Gasteiger partial charge in [0.1, 0.15) is 12.9 Å². The zero-order valence-corrected chi connectivity index (χ0v) is 11.0. The molecule has 19 heavy (non-hydrogen) atoms. The topological polar surface area (TPSA) is 72.9 Å². The second-order valence-electron chi connectivity index (χ2n) is 4.08. The van der Waals surface area contributed by atoms with Crippen molar-refractivity contribution in [2.24, 2.45) is 0 Å². The third-order valence-electron chi connectivity index (χ3n) is 2.74. The minimum absolute atomic E-state index is 0.00538. The first-order valence-corrected chi connectivity index (χ1v) is 6.32. The lowest BCUT2D eigenvalue weighted by Gasteiger charge is -2.18. The fraction of sp³-hybridized carbons (Fsp3) is 0.615. The van der Waals surface area contributed by atoms with Gasteiger partial charge in [0, 0.05) is 13.0 Å². The van der Waals surface area contributed by atoms with E-state index < -0.39 is 5.97 Å². The zero-order valence-electron chi connectivity index (χ0n) is 11.0. The molecule has 1 rings (SSSR count). The van der Waals surface area contributed by atoms with Crippen molar-refractivity contribution >= 4 is 18.2 Å². The molecular weight excluding hydrogens is 250 g/mol. The van der Waals surface area contributed by atoms with Crippen molar-refractivity contribution in [3.8, 4) is 0 Å². The Bertz CT molecular complexity index is 353. The fourth-order valence-electron chi connectivity index (χ4n) is 1.80. The van der Waals surface area contributed by atoms with Crippen molar-refractivity contribution in [3.63, 3.8) is 0 Å². The van der Waals surface area contributed by atoms with E-state index >= 15 is 0 Å². The smallest absolute Gasteiger partial charge is 0.332 e. The molecule has 106 valence electrons. The van der Waals surface area contributed by atoms with Crippen LogP contribution in [0, 0.1) is 0 Å². The van der Waals surface area contributed by atoms with Gasteiger partial charge in [-0.1, -0.05) is 12.2 Å². The van der Waals surface area contributed by atoms with E-state index in [1.54, 1.807) is 19.1 Å². The van der Waals surface area contributed by atoms with Crippen molar-refractivity contribution in [2.45, 2.75) is 25.8 Å². The number of carbonyl (C=O) groups excluding carboxylic acids is 3. The molecule has 1 amide bonds. The van der Waals surface area contributed by atoms with Crippen molar-refractivity contribution < 1.29 is 23.9 Å². The van der Waals surface area contributed by atoms with E-state index in [2.05, 4.69) is 0 Å². The number of ether oxygens (including phenoxy) is 2. The minimum atomic E-state index is -0.397. The third-order valence-corrected chi connectivity index (χ3v) is 2.74.